The maximum absolute atomic E-state index is 4.73. The lowest BCUT2D eigenvalue weighted by molar-refractivity contribution is 0.355. The summed E-state index contributed by atoms with van der Waals surface area (Å²) in [5, 5.41) is 3.39. The molecule has 4 nitrogen and oxygen atoms in total. The van der Waals surface area contributed by atoms with E-state index >= 15 is 0 Å². The maximum atomic E-state index is 4.73. The SMILES string of the molecule is CCCNc1cc(N2CC(C)CC(C)C2)nc(CC)n1. The van der Waals surface area contributed by atoms with Crippen molar-refractivity contribution in [2.24, 2.45) is 11.8 Å². The summed E-state index contributed by atoms with van der Waals surface area (Å²) in [4.78, 5) is 11.7. The third kappa shape index (κ3) is 3.84. The molecule has 1 N–H and O–H groups in total. The Morgan fingerprint density at radius 1 is 1.20 bits per heavy atom. The molecule has 2 rings (SSSR count). The summed E-state index contributed by atoms with van der Waals surface area (Å²) in [6.07, 6.45) is 3.31. The molecule has 0 aromatic carbocycles. The molecule has 0 radical (unpaired) electrons. The zero-order chi connectivity index (χ0) is 14.5. The van der Waals surface area contributed by atoms with Crippen LogP contribution in [0, 0.1) is 11.8 Å². The molecule has 1 saturated heterocycles. The number of hydrogen-bond acceptors (Lipinski definition) is 4. The average Bonchev–Trinajstić information content (AvgIpc) is 2.43. The van der Waals surface area contributed by atoms with Gasteiger partial charge in [0.25, 0.3) is 0 Å². The normalized spacial score (nSPS) is 22.9. The van der Waals surface area contributed by atoms with Crippen LogP contribution < -0.4 is 10.2 Å². The molecule has 2 heterocycles. The van der Waals surface area contributed by atoms with Gasteiger partial charge in [-0.25, -0.2) is 9.97 Å². The quantitative estimate of drug-likeness (QED) is 0.895. The Hall–Kier alpha value is -1.32. The van der Waals surface area contributed by atoms with E-state index in [1.165, 1.54) is 6.42 Å². The first-order chi connectivity index (χ1) is 9.62. The van der Waals surface area contributed by atoms with Gasteiger partial charge in [0.2, 0.25) is 0 Å². The summed E-state index contributed by atoms with van der Waals surface area (Å²) in [6.45, 7) is 12.1. The van der Waals surface area contributed by atoms with E-state index < -0.39 is 0 Å². The maximum Gasteiger partial charge on any atom is 0.134 e. The number of aromatic nitrogens is 2. The van der Waals surface area contributed by atoms with Crippen LogP contribution in [0.25, 0.3) is 0 Å². The summed E-state index contributed by atoms with van der Waals surface area (Å²) in [6, 6.07) is 2.11. The van der Waals surface area contributed by atoms with Crippen LogP contribution in [-0.2, 0) is 6.42 Å². The number of hydrogen-bond donors (Lipinski definition) is 1. The smallest absolute Gasteiger partial charge is 0.134 e. The molecule has 0 saturated carbocycles. The molecule has 112 valence electrons. The van der Waals surface area contributed by atoms with Crippen molar-refractivity contribution in [1.29, 1.82) is 0 Å². The molecule has 20 heavy (non-hydrogen) atoms. The highest BCUT2D eigenvalue weighted by Gasteiger charge is 2.23. The summed E-state index contributed by atoms with van der Waals surface area (Å²) >= 11 is 0. The minimum atomic E-state index is 0.742. The van der Waals surface area contributed by atoms with Crippen LogP contribution in [0.3, 0.4) is 0 Å². The van der Waals surface area contributed by atoms with Gasteiger partial charge in [-0.1, -0.05) is 27.7 Å². The molecule has 0 spiro atoms. The van der Waals surface area contributed by atoms with E-state index in [4.69, 9.17) is 4.98 Å². The van der Waals surface area contributed by atoms with Crippen molar-refractivity contribution >= 4 is 11.6 Å². The molecule has 0 bridgehead atoms. The van der Waals surface area contributed by atoms with E-state index in [-0.39, 0.29) is 0 Å². The standard InChI is InChI=1S/C16H28N4/c1-5-7-17-15-9-16(19-14(6-2)18-15)20-10-12(3)8-13(4)11-20/h9,12-13H,5-8,10-11H2,1-4H3,(H,17,18,19). The third-order valence-electron chi connectivity index (χ3n) is 3.82. The van der Waals surface area contributed by atoms with Crippen LogP contribution >= 0.6 is 0 Å². The lowest BCUT2D eigenvalue weighted by Crippen LogP contribution is -2.39. The average molecular weight is 276 g/mol. The van der Waals surface area contributed by atoms with Crippen LogP contribution in [0.5, 0.6) is 0 Å². The highest BCUT2D eigenvalue weighted by molar-refractivity contribution is 5.50. The Bertz CT molecular complexity index is 422. The van der Waals surface area contributed by atoms with E-state index in [0.717, 1.165) is 61.8 Å². The molecule has 0 amide bonds. The van der Waals surface area contributed by atoms with E-state index in [9.17, 15) is 0 Å². The van der Waals surface area contributed by atoms with Crippen molar-refractivity contribution in [1.82, 2.24) is 9.97 Å². The fourth-order valence-electron chi connectivity index (χ4n) is 3.00. The highest BCUT2D eigenvalue weighted by Crippen LogP contribution is 2.26. The summed E-state index contributed by atoms with van der Waals surface area (Å²) in [5.41, 5.74) is 0. The predicted octanol–water partition coefficient (Wildman–Crippen LogP) is 3.34. The van der Waals surface area contributed by atoms with Crippen LogP contribution in [-0.4, -0.2) is 29.6 Å². The van der Waals surface area contributed by atoms with Gasteiger partial charge in [0.15, 0.2) is 0 Å². The minimum absolute atomic E-state index is 0.742. The predicted molar refractivity (Wildman–Crippen MR) is 85.3 cm³/mol. The fourth-order valence-corrected chi connectivity index (χ4v) is 3.00. The van der Waals surface area contributed by atoms with Gasteiger partial charge in [0.05, 0.1) is 0 Å². The Morgan fingerprint density at radius 2 is 1.90 bits per heavy atom. The van der Waals surface area contributed by atoms with Crippen molar-refractivity contribution in [2.45, 2.75) is 47.0 Å². The van der Waals surface area contributed by atoms with Crippen LogP contribution in [0.15, 0.2) is 6.07 Å². The number of rotatable bonds is 5. The Balaban J connectivity index is 2.20. The zero-order valence-electron chi connectivity index (χ0n) is 13.3. The van der Waals surface area contributed by atoms with Gasteiger partial charge in [-0.3, -0.25) is 0 Å². The van der Waals surface area contributed by atoms with E-state index in [1.54, 1.807) is 0 Å². The van der Waals surface area contributed by atoms with Gasteiger partial charge in [-0.05, 0) is 24.7 Å². The number of aryl methyl sites for hydroxylation is 1. The molecule has 0 aliphatic carbocycles. The molecule has 2 atom stereocenters. The van der Waals surface area contributed by atoms with Crippen LogP contribution in [0.2, 0.25) is 0 Å². The largest absolute Gasteiger partial charge is 0.370 e. The molecule has 1 fully saturated rings. The molecular formula is C16H28N4. The Kier molecular flexibility index (Phi) is 5.21. The summed E-state index contributed by atoms with van der Waals surface area (Å²) in [7, 11) is 0. The number of nitrogens with zero attached hydrogens (tertiary/aromatic N) is 3. The fraction of sp³-hybridized carbons (Fsp3) is 0.750. The van der Waals surface area contributed by atoms with Gasteiger partial charge in [-0.15, -0.1) is 0 Å². The van der Waals surface area contributed by atoms with Gasteiger partial charge in [0, 0.05) is 32.1 Å². The van der Waals surface area contributed by atoms with Gasteiger partial charge >= 0.3 is 0 Å². The molecular weight excluding hydrogens is 248 g/mol. The van der Waals surface area contributed by atoms with Crippen molar-refractivity contribution < 1.29 is 0 Å². The van der Waals surface area contributed by atoms with E-state index in [2.05, 4.69) is 49.0 Å². The van der Waals surface area contributed by atoms with Crippen molar-refractivity contribution in [3.05, 3.63) is 11.9 Å². The Labute approximate surface area is 123 Å². The molecule has 1 aromatic heterocycles. The highest BCUT2D eigenvalue weighted by atomic mass is 15.2. The monoisotopic (exact) mass is 276 g/mol. The first-order valence-electron chi connectivity index (χ1n) is 7.99. The first-order valence-corrected chi connectivity index (χ1v) is 7.99. The minimum Gasteiger partial charge on any atom is -0.370 e. The molecule has 1 aliphatic heterocycles. The Morgan fingerprint density at radius 3 is 2.50 bits per heavy atom. The van der Waals surface area contributed by atoms with E-state index in [0.29, 0.717) is 0 Å². The van der Waals surface area contributed by atoms with Crippen molar-refractivity contribution in [3.8, 4) is 0 Å². The molecule has 4 heteroatoms. The van der Waals surface area contributed by atoms with Gasteiger partial charge < -0.3 is 10.2 Å². The topological polar surface area (TPSA) is 41.0 Å². The summed E-state index contributed by atoms with van der Waals surface area (Å²) in [5.74, 6) is 4.48. The zero-order valence-corrected chi connectivity index (χ0v) is 13.3. The number of anilines is 2. The first kappa shape index (κ1) is 15.1. The van der Waals surface area contributed by atoms with Gasteiger partial charge in [-0.2, -0.15) is 0 Å². The second-order valence-electron chi connectivity index (χ2n) is 6.16. The number of nitrogens with one attached hydrogen (secondary N) is 1. The van der Waals surface area contributed by atoms with Crippen LogP contribution in [0.1, 0.15) is 46.4 Å². The summed E-state index contributed by atoms with van der Waals surface area (Å²) < 4.78 is 0. The molecule has 2 unspecified atom stereocenters. The van der Waals surface area contributed by atoms with E-state index in [1.807, 2.05) is 0 Å². The lowest BCUT2D eigenvalue weighted by Gasteiger charge is -2.36. The van der Waals surface area contributed by atoms with Crippen molar-refractivity contribution in [3.63, 3.8) is 0 Å². The third-order valence-corrected chi connectivity index (χ3v) is 3.82. The molecule has 1 aliphatic rings. The van der Waals surface area contributed by atoms with Crippen LogP contribution in [0.4, 0.5) is 11.6 Å². The second kappa shape index (κ2) is 6.91. The second-order valence-corrected chi connectivity index (χ2v) is 6.16. The van der Waals surface area contributed by atoms with Gasteiger partial charge in [0.1, 0.15) is 17.5 Å². The number of piperidine rings is 1. The molecule has 1 aromatic rings. The lowest BCUT2D eigenvalue weighted by atomic mass is 9.92. The van der Waals surface area contributed by atoms with Crippen molar-refractivity contribution in [2.75, 3.05) is 29.9 Å².